The van der Waals surface area contributed by atoms with Crippen molar-refractivity contribution < 1.29 is 0 Å². The van der Waals surface area contributed by atoms with Crippen LogP contribution in [0.2, 0.25) is 5.02 Å². The van der Waals surface area contributed by atoms with Gasteiger partial charge in [-0.2, -0.15) is 0 Å². The van der Waals surface area contributed by atoms with Gasteiger partial charge in [0.25, 0.3) is 0 Å². The van der Waals surface area contributed by atoms with E-state index in [0.29, 0.717) is 5.92 Å². The number of nitrogens with zero attached hydrogens (tertiary/aromatic N) is 1. The molecule has 0 saturated heterocycles. The SMILES string of the molecule is CCC(N)Cc1ccc(N(CC)CC(C)C)c(Cl)c1. The van der Waals surface area contributed by atoms with Crippen molar-refractivity contribution in [2.75, 3.05) is 18.0 Å². The summed E-state index contributed by atoms with van der Waals surface area (Å²) in [5, 5.41) is 0.836. The van der Waals surface area contributed by atoms with Gasteiger partial charge < -0.3 is 10.6 Å². The summed E-state index contributed by atoms with van der Waals surface area (Å²) in [7, 11) is 0. The van der Waals surface area contributed by atoms with E-state index in [2.05, 4.69) is 50.8 Å². The van der Waals surface area contributed by atoms with Crippen LogP contribution in [0.5, 0.6) is 0 Å². The zero-order valence-electron chi connectivity index (χ0n) is 12.6. The molecule has 0 spiro atoms. The molecule has 0 bridgehead atoms. The number of anilines is 1. The Hall–Kier alpha value is -0.730. The zero-order chi connectivity index (χ0) is 14.4. The van der Waals surface area contributed by atoms with Crippen LogP contribution in [0.1, 0.15) is 39.7 Å². The first-order valence-corrected chi connectivity index (χ1v) is 7.64. The van der Waals surface area contributed by atoms with Crippen LogP contribution in [0.4, 0.5) is 5.69 Å². The maximum atomic E-state index is 6.43. The lowest BCUT2D eigenvalue weighted by Gasteiger charge is -2.26. The first kappa shape index (κ1) is 16.3. The van der Waals surface area contributed by atoms with Crippen molar-refractivity contribution in [1.82, 2.24) is 0 Å². The van der Waals surface area contributed by atoms with Crippen molar-refractivity contribution in [2.24, 2.45) is 11.7 Å². The molecule has 19 heavy (non-hydrogen) atoms. The van der Waals surface area contributed by atoms with Gasteiger partial charge in [0.05, 0.1) is 10.7 Å². The predicted molar refractivity (Wildman–Crippen MR) is 86.1 cm³/mol. The molecule has 0 heterocycles. The molecule has 0 saturated carbocycles. The fourth-order valence-electron chi connectivity index (χ4n) is 2.22. The molecule has 0 aromatic heterocycles. The summed E-state index contributed by atoms with van der Waals surface area (Å²) in [5.74, 6) is 0.629. The molecule has 0 radical (unpaired) electrons. The smallest absolute Gasteiger partial charge is 0.0642 e. The van der Waals surface area contributed by atoms with Crippen LogP contribution >= 0.6 is 11.6 Å². The van der Waals surface area contributed by atoms with Gasteiger partial charge in [-0.3, -0.25) is 0 Å². The van der Waals surface area contributed by atoms with E-state index in [0.717, 1.165) is 36.6 Å². The molecule has 0 aliphatic rings. The summed E-state index contributed by atoms with van der Waals surface area (Å²) in [6.07, 6.45) is 1.89. The lowest BCUT2D eigenvalue weighted by Crippen LogP contribution is -2.27. The first-order valence-electron chi connectivity index (χ1n) is 7.26. The van der Waals surface area contributed by atoms with Crippen LogP contribution in [0.25, 0.3) is 0 Å². The first-order chi connectivity index (χ1) is 8.97. The molecule has 1 aromatic carbocycles. The van der Waals surface area contributed by atoms with Crippen LogP contribution in [0, 0.1) is 5.92 Å². The van der Waals surface area contributed by atoms with Gasteiger partial charge in [-0.1, -0.05) is 38.4 Å². The highest BCUT2D eigenvalue weighted by Gasteiger charge is 2.11. The third-order valence-corrected chi connectivity index (χ3v) is 3.65. The molecule has 1 aromatic rings. The molecular formula is C16H27ClN2. The van der Waals surface area contributed by atoms with Crippen molar-refractivity contribution in [1.29, 1.82) is 0 Å². The van der Waals surface area contributed by atoms with E-state index in [1.165, 1.54) is 5.56 Å². The van der Waals surface area contributed by atoms with Gasteiger partial charge >= 0.3 is 0 Å². The number of benzene rings is 1. The highest BCUT2D eigenvalue weighted by atomic mass is 35.5. The van der Waals surface area contributed by atoms with Crippen molar-refractivity contribution in [3.63, 3.8) is 0 Å². The normalized spacial score (nSPS) is 12.8. The summed E-state index contributed by atoms with van der Waals surface area (Å²) in [6.45, 7) is 10.7. The molecule has 0 aliphatic heterocycles. The molecule has 0 aliphatic carbocycles. The molecule has 3 heteroatoms. The lowest BCUT2D eigenvalue weighted by molar-refractivity contribution is 0.618. The molecule has 2 nitrogen and oxygen atoms in total. The van der Waals surface area contributed by atoms with Gasteiger partial charge in [0, 0.05) is 19.1 Å². The average molecular weight is 283 g/mol. The van der Waals surface area contributed by atoms with Crippen LogP contribution in [0.3, 0.4) is 0 Å². The van der Waals surface area contributed by atoms with E-state index in [1.54, 1.807) is 0 Å². The van der Waals surface area contributed by atoms with Gasteiger partial charge in [-0.05, 0) is 43.4 Å². The maximum absolute atomic E-state index is 6.43. The Balaban J connectivity index is 2.86. The molecule has 108 valence electrons. The fourth-order valence-corrected chi connectivity index (χ4v) is 2.54. The highest BCUT2D eigenvalue weighted by Crippen LogP contribution is 2.28. The van der Waals surface area contributed by atoms with Gasteiger partial charge in [0.2, 0.25) is 0 Å². The third-order valence-electron chi connectivity index (χ3n) is 3.34. The third kappa shape index (κ3) is 5.04. The Kier molecular flexibility index (Phi) is 6.67. The molecule has 0 amide bonds. The minimum atomic E-state index is 0.222. The van der Waals surface area contributed by atoms with Gasteiger partial charge in [-0.25, -0.2) is 0 Å². The Bertz CT molecular complexity index is 390. The summed E-state index contributed by atoms with van der Waals surface area (Å²) in [5.41, 5.74) is 8.35. The maximum Gasteiger partial charge on any atom is 0.0642 e. The van der Waals surface area contributed by atoms with E-state index >= 15 is 0 Å². The molecule has 1 rings (SSSR count). The Labute approximate surface area is 122 Å². The minimum Gasteiger partial charge on any atom is -0.370 e. The number of rotatable bonds is 7. The Morgan fingerprint density at radius 2 is 1.95 bits per heavy atom. The van der Waals surface area contributed by atoms with Crippen LogP contribution in [-0.2, 0) is 6.42 Å². The number of hydrogen-bond acceptors (Lipinski definition) is 2. The van der Waals surface area contributed by atoms with E-state index < -0.39 is 0 Å². The molecule has 0 fully saturated rings. The summed E-state index contributed by atoms with van der Waals surface area (Å²) >= 11 is 6.43. The van der Waals surface area contributed by atoms with Crippen molar-refractivity contribution in [3.05, 3.63) is 28.8 Å². The zero-order valence-corrected chi connectivity index (χ0v) is 13.4. The molecule has 1 unspecified atom stereocenters. The topological polar surface area (TPSA) is 29.3 Å². The van der Waals surface area contributed by atoms with E-state index in [1.807, 2.05) is 0 Å². The van der Waals surface area contributed by atoms with Crippen LogP contribution in [-0.4, -0.2) is 19.1 Å². The van der Waals surface area contributed by atoms with Crippen molar-refractivity contribution in [2.45, 2.75) is 46.6 Å². The second kappa shape index (κ2) is 7.76. The number of halogens is 1. The van der Waals surface area contributed by atoms with E-state index in [9.17, 15) is 0 Å². The summed E-state index contributed by atoms with van der Waals surface area (Å²) < 4.78 is 0. The summed E-state index contributed by atoms with van der Waals surface area (Å²) in [6, 6.07) is 6.57. The standard InChI is InChI=1S/C16H27ClN2/c1-5-14(18)9-13-7-8-16(15(17)10-13)19(6-2)11-12(3)4/h7-8,10,12,14H,5-6,9,11,18H2,1-4H3. The lowest BCUT2D eigenvalue weighted by atomic mass is 10.0. The van der Waals surface area contributed by atoms with Gasteiger partial charge in [-0.15, -0.1) is 0 Å². The Morgan fingerprint density at radius 1 is 1.26 bits per heavy atom. The highest BCUT2D eigenvalue weighted by molar-refractivity contribution is 6.33. The van der Waals surface area contributed by atoms with Crippen molar-refractivity contribution in [3.8, 4) is 0 Å². The second-order valence-electron chi connectivity index (χ2n) is 5.59. The molecule has 1 atom stereocenters. The van der Waals surface area contributed by atoms with E-state index in [4.69, 9.17) is 17.3 Å². The predicted octanol–water partition coefficient (Wildman–Crippen LogP) is 4.10. The molecular weight excluding hydrogens is 256 g/mol. The number of nitrogens with two attached hydrogens (primary N) is 1. The minimum absolute atomic E-state index is 0.222. The van der Waals surface area contributed by atoms with Gasteiger partial charge in [0.1, 0.15) is 0 Å². The van der Waals surface area contributed by atoms with Crippen molar-refractivity contribution >= 4 is 17.3 Å². The second-order valence-corrected chi connectivity index (χ2v) is 6.00. The fraction of sp³-hybridized carbons (Fsp3) is 0.625. The summed E-state index contributed by atoms with van der Waals surface area (Å²) in [4.78, 5) is 2.33. The largest absolute Gasteiger partial charge is 0.370 e. The monoisotopic (exact) mass is 282 g/mol. The van der Waals surface area contributed by atoms with Crippen LogP contribution in [0.15, 0.2) is 18.2 Å². The van der Waals surface area contributed by atoms with Gasteiger partial charge in [0.15, 0.2) is 0 Å². The van der Waals surface area contributed by atoms with E-state index in [-0.39, 0.29) is 6.04 Å². The Morgan fingerprint density at radius 3 is 2.42 bits per heavy atom. The van der Waals surface area contributed by atoms with Crippen LogP contribution < -0.4 is 10.6 Å². The average Bonchev–Trinajstić information content (AvgIpc) is 2.36. The number of hydrogen-bond donors (Lipinski definition) is 1. The molecule has 2 N–H and O–H groups in total. The quantitative estimate of drug-likeness (QED) is 0.816.